The number of urea groups is 1. The molecule has 0 aliphatic carbocycles. The Bertz CT molecular complexity index is 1400. The fourth-order valence-electron chi connectivity index (χ4n) is 3.68. The van der Waals surface area contributed by atoms with Crippen molar-refractivity contribution in [2.24, 2.45) is 0 Å². The second-order valence-corrected chi connectivity index (χ2v) is 8.63. The number of hydrogen-bond donors (Lipinski definition) is 3. The van der Waals surface area contributed by atoms with Crippen molar-refractivity contribution in [2.75, 3.05) is 55.5 Å². The molecule has 10 nitrogen and oxygen atoms in total. The van der Waals surface area contributed by atoms with Crippen LogP contribution >= 0.6 is 0 Å². The lowest BCUT2D eigenvalue weighted by molar-refractivity contribution is -0.137. The molecule has 2 heterocycles. The summed E-state index contributed by atoms with van der Waals surface area (Å²) in [7, 11) is 5.30. The Balaban J connectivity index is 1.46. The van der Waals surface area contributed by atoms with Gasteiger partial charge in [-0.1, -0.05) is 0 Å². The van der Waals surface area contributed by atoms with Crippen LogP contribution in [0, 0.1) is 0 Å². The molecule has 0 aliphatic rings. The van der Waals surface area contributed by atoms with E-state index in [1.54, 1.807) is 42.2 Å². The molecule has 4 N–H and O–H groups in total. The molecule has 0 saturated heterocycles. The molecule has 0 radical (unpaired) electrons. The SMILES string of the molecule is CN(C)CCN(C)c1ccc(NC(=O)Nc2ccc(-n3cnc4c(N)ncnc43)cc2)cc1C(F)(F)F. The fourth-order valence-corrected chi connectivity index (χ4v) is 3.68. The van der Waals surface area contributed by atoms with Gasteiger partial charge in [0.2, 0.25) is 0 Å². The number of fused-ring (bicyclic) bond motifs is 1. The highest BCUT2D eigenvalue weighted by molar-refractivity contribution is 6.00. The maximum Gasteiger partial charge on any atom is 0.418 e. The minimum Gasteiger partial charge on any atom is -0.382 e. The minimum atomic E-state index is -4.58. The van der Waals surface area contributed by atoms with Crippen LogP contribution in [0.3, 0.4) is 0 Å². The Kier molecular flexibility index (Phi) is 7.16. The zero-order valence-corrected chi connectivity index (χ0v) is 20.4. The molecule has 4 aromatic rings. The largest absolute Gasteiger partial charge is 0.418 e. The lowest BCUT2D eigenvalue weighted by Crippen LogP contribution is -2.30. The normalized spacial score (nSPS) is 11.6. The number of hydrogen-bond acceptors (Lipinski definition) is 7. The molecule has 13 heteroatoms. The topological polar surface area (TPSA) is 117 Å². The first kappa shape index (κ1) is 25.7. The average molecular weight is 514 g/mol. The number of rotatable bonds is 7. The highest BCUT2D eigenvalue weighted by Gasteiger charge is 2.35. The Labute approximate surface area is 210 Å². The molecule has 0 fully saturated rings. The lowest BCUT2D eigenvalue weighted by Gasteiger charge is -2.25. The van der Waals surface area contributed by atoms with Crippen LogP contribution in [0.25, 0.3) is 16.9 Å². The summed E-state index contributed by atoms with van der Waals surface area (Å²) >= 11 is 0. The van der Waals surface area contributed by atoms with E-state index in [0.29, 0.717) is 29.9 Å². The molecule has 4 rings (SSSR count). The predicted octanol–water partition coefficient (Wildman–Crippen LogP) is 4.06. The van der Waals surface area contributed by atoms with Crippen LogP contribution in [-0.4, -0.2) is 64.7 Å². The molecule has 0 saturated carbocycles. The number of amides is 2. The van der Waals surface area contributed by atoms with E-state index in [1.165, 1.54) is 23.4 Å². The second-order valence-electron chi connectivity index (χ2n) is 8.63. The molecule has 0 spiro atoms. The molecule has 0 atom stereocenters. The van der Waals surface area contributed by atoms with Crippen LogP contribution in [0.15, 0.2) is 55.1 Å². The average Bonchev–Trinajstić information content (AvgIpc) is 3.28. The van der Waals surface area contributed by atoms with E-state index in [1.807, 2.05) is 19.0 Å². The smallest absolute Gasteiger partial charge is 0.382 e. The van der Waals surface area contributed by atoms with Crippen molar-refractivity contribution in [3.63, 3.8) is 0 Å². The number of nitrogens with one attached hydrogen (secondary N) is 2. The molecule has 2 amide bonds. The highest BCUT2D eigenvalue weighted by atomic mass is 19.4. The second kappa shape index (κ2) is 10.3. The lowest BCUT2D eigenvalue weighted by atomic mass is 10.1. The van der Waals surface area contributed by atoms with Gasteiger partial charge in [0.05, 0.1) is 5.56 Å². The molecule has 37 heavy (non-hydrogen) atoms. The Morgan fingerprint density at radius 2 is 1.65 bits per heavy atom. The first-order valence-corrected chi connectivity index (χ1v) is 11.2. The van der Waals surface area contributed by atoms with Crippen molar-refractivity contribution in [1.29, 1.82) is 0 Å². The monoisotopic (exact) mass is 513 g/mol. The van der Waals surface area contributed by atoms with Gasteiger partial charge < -0.3 is 26.2 Å². The number of nitrogens with zero attached hydrogens (tertiary/aromatic N) is 6. The van der Waals surface area contributed by atoms with Gasteiger partial charge in [-0.2, -0.15) is 13.2 Å². The molecule has 0 unspecified atom stereocenters. The van der Waals surface area contributed by atoms with Gasteiger partial charge >= 0.3 is 12.2 Å². The zero-order chi connectivity index (χ0) is 26.7. The molecule has 194 valence electrons. The standard InChI is InChI=1S/C24H26F3N9O/c1-34(2)10-11-35(3)19-9-6-16(12-18(19)24(25,26)27)33-23(37)32-15-4-7-17(8-5-15)36-14-31-20-21(28)29-13-30-22(20)36/h4-9,12-14H,10-11H2,1-3H3,(H2,28,29,30)(H2,32,33,37). The predicted molar refractivity (Wildman–Crippen MR) is 137 cm³/mol. The van der Waals surface area contributed by atoms with Gasteiger partial charge in [-0.15, -0.1) is 0 Å². The van der Waals surface area contributed by atoms with E-state index in [2.05, 4.69) is 25.6 Å². The summed E-state index contributed by atoms with van der Waals surface area (Å²) in [5, 5.41) is 5.09. The van der Waals surface area contributed by atoms with Gasteiger partial charge in [0.15, 0.2) is 17.0 Å². The van der Waals surface area contributed by atoms with Crippen molar-refractivity contribution >= 4 is 40.1 Å². The Morgan fingerprint density at radius 1 is 0.973 bits per heavy atom. The number of carbonyl (C=O) groups excluding carboxylic acids is 1. The fraction of sp³-hybridized carbons (Fsp3) is 0.250. The van der Waals surface area contributed by atoms with Crippen LogP contribution in [-0.2, 0) is 6.18 Å². The number of halogens is 3. The highest BCUT2D eigenvalue weighted by Crippen LogP contribution is 2.38. The van der Waals surface area contributed by atoms with Crippen molar-refractivity contribution < 1.29 is 18.0 Å². The number of carbonyl (C=O) groups is 1. The quantitative estimate of drug-likeness (QED) is 0.341. The molecule has 0 aliphatic heterocycles. The number of likely N-dealkylation sites (N-methyl/N-ethyl adjacent to an activating group) is 2. The zero-order valence-electron chi connectivity index (χ0n) is 20.4. The number of nitrogens with two attached hydrogens (primary N) is 1. The first-order chi connectivity index (χ1) is 17.5. The van der Waals surface area contributed by atoms with Crippen LogP contribution in [0.4, 0.5) is 40.8 Å². The number of alkyl halides is 3. The van der Waals surface area contributed by atoms with Gasteiger partial charge in [0.1, 0.15) is 12.7 Å². The van der Waals surface area contributed by atoms with Crippen molar-refractivity contribution in [1.82, 2.24) is 24.4 Å². The molecular weight excluding hydrogens is 487 g/mol. The van der Waals surface area contributed by atoms with Gasteiger partial charge in [0.25, 0.3) is 0 Å². The van der Waals surface area contributed by atoms with Crippen molar-refractivity contribution in [2.45, 2.75) is 6.18 Å². The summed E-state index contributed by atoms with van der Waals surface area (Å²) in [5.41, 5.74) is 7.21. The van der Waals surface area contributed by atoms with Gasteiger partial charge in [-0.25, -0.2) is 19.7 Å². The van der Waals surface area contributed by atoms with Crippen LogP contribution in [0.1, 0.15) is 5.56 Å². The summed E-state index contributed by atoms with van der Waals surface area (Å²) < 4.78 is 43.0. The maximum absolute atomic E-state index is 13.8. The third-order valence-corrected chi connectivity index (χ3v) is 5.62. The van der Waals surface area contributed by atoms with E-state index in [4.69, 9.17) is 5.73 Å². The van der Waals surface area contributed by atoms with Crippen LogP contribution in [0.2, 0.25) is 0 Å². The summed E-state index contributed by atoms with van der Waals surface area (Å²) in [4.78, 5) is 28.3. The summed E-state index contributed by atoms with van der Waals surface area (Å²) in [6.07, 6.45) is -1.68. The van der Waals surface area contributed by atoms with E-state index in [9.17, 15) is 18.0 Å². The van der Waals surface area contributed by atoms with Crippen molar-refractivity contribution in [3.05, 3.63) is 60.7 Å². The van der Waals surface area contributed by atoms with Crippen molar-refractivity contribution in [3.8, 4) is 5.69 Å². The van der Waals surface area contributed by atoms with Gasteiger partial charge in [-0.3, -0.25) is 4.57 Å². The summed E-state index contributed by atoms with van der Waals surface area (Å²) in [6.45, 7) is 1.00. The summed E-state index contributed by atoms with van der Waals surface area (Å²) in [5.74, 6) is 0.264. The maximum atomic E-state index is 13.8. The number of imidazole rings is 1. The third-order valence-electron chi connectivity index (χ3n) is 5.62. The molecular formula is C24H26F3N9O. The number of anilines is 4. The number of nitrogen functional groups attached to an aromatic ring is 1. The Hall–Kier alpha value is -4.39. The Morgan fingerprint density at radius 3 is 2.32 bits per heavy atom. The third kappa shape index (κ3) is 5.89. The minimum absolute atomic E-state index is 0.0216. The van der Waals surface area contributed by atoms with Gasteiger partial charge in [-0.05, 0) is 56.6 Å². The number of benzene rings is 2. The van der Waals surface area contributed by atoms with Crippen LogP contribution < -0.4 is 21.3 Å². The van der Waals surface area contributed by atoms with Crippen LogP contribution in [0.5, 0.6) is 0 Å². The van der Waals surface area contributed by atoms with E-state index in [-0.39, 0.29) is 17.2 Å². The first-order valence-electron chi connectivity index (χ1n) is 11.2. The van der Waals surface area contributed by atoms with Gasteiger partial charge in [0, 0.05) is 42.9 Å². The molecule has 2 aromatic carbocycles. The van der Waals surface area contributed by atoms with E-state index < -0.39 is 17.8 Å². The molecule has 2 aromatic heterocycles. The van der Waals surface area contributed by atoms with E-state index >= 15 is 0 Å². The molecule has 0 bridgehead atoms. The number of aromatic nitrogens is 4. The van der Waals surface area contributed by atoms with E-state index in [0.717, 1.165) is 11.8 Å². The summed E-state index contributed by atoms with van der Waals surface area (Å²) in [6, 6.07) is 9.81.